The normalized spacial score (nSPS) is 25.6. The molecule has 1 aromatic carbocycles. The number of hydrogen-bond donors (Lipinski definition) is 1. The van der Waals surface area contributed by atoms with Crippen LogP contribution in [0.4, 0.5) is 19.1 Å². The Morgan fingerprint density at radius 3 is 2.43 bits per heavy atom. The van der Waals surface area contributed by atoms with Gasteiger partial charge < -0.3 is 25.0 Å². The van der Waals surface area contributed by atoms with Crippen molar-refractivity contribution in [3.63, 3.8) is 0 Å². The molecule has 11 heteroatoms. The van der Waals surface area contributed by atoms with Gasteiger partial charge in [-0.15, -0.1) is 0 Å². The summed E-state index contributed by atoms with van der Waals surface area (Å²) in [5.74, 6) is -1.28. The van der Waals surface area contributed by atoms with Crippen molar-refractivity contribution >= 4 is 28.8 Å². The first kappa shape index (κ1) is 25.8. The smallest absolute Gasteiger partial charge is 0.242 e. The summed E-state index contributed by atoms with van der Waals surface area (Å²) in [6.07, 6.45) is 2.46. The topological polar surface area (TPSA) is 87.7 Å². The highest BCUT2D eigenvalue weighted by Crippen LogP contribution is 2.29. The molecule has 37 heavy (non-hydrogen) atoms. The summed E-state index contributed by atoms with van der Waals surface area (Å²) in [5.41, 5.74) is 6.45. The molecule has 2 N–H and O–H groups in total. The van der Waals surface area contributed by atoms with E-state index in [1.807, 2.05) is 4.90 Å². The Balaban J connectivity index is 1.30. The third-order valence-electron chi connectivity index (χ3n) is 8.08. The van der Waals surface area contributed by atoms with E-state index < -0.39 is 23.8 Å². The number of aromatic nitrogens is 2. The second kappa shape index (κ2) is 10.5. The summed E-state index contributed by atoms with van der Waals surface area (Å²) in [6.45, 7) is 5.09. The monoisotopic (exact) mass is 520 g/mol. The summed E-state index contributed by atoms with van der Waals surface area (Å²) in [5, 5.41) is 0. The van der Waals surface area contributed by atoms with E-state index in [9.17, 15) is 22.8 Å². The average Bonchev–Trinajstić information content (AvgIpc) is 3.22. The summed E-state index contributed by atoms with van der Waals surface area (Å²) >= 11 is 0. The number of anilines is 1. The number of nitrogens with two attached hydrogens (primary N) is 1. The summed E-state index contributed by atoms with van der Waals surface area (Å²) < 4.78 is 43.7. The van der Waals surface area contributed by atoms with Gasteiger partial charge in [0.05, 0.1) is 17.1 Å². The van der Waals surface area contributed by atoms with Crippen molar-refractivity contribution in [3.8, 4) is 0 Å². The fraction of sp³-hybridized carbons (Fsp3) is 0.654. The second-order valence-electron chi connectivity index (χ2n) is 10.9. The van der Waals surface area contributed by atoms with Crippen LogP contribution < -0.4 is 10.6 Å². The number of likely N-dealkylation sites (tertiary alicyclic amines) is 2. The number of carbonyl (C=O) groups is 2. The van der Waals surface area contributed by atoms with E-state index in [-0.39, 0.29) is 42.8 Å². The lowest BCUT2D eigenvalue weighted by Gasteiger charge is -2.37. The van der Waals surface area contributed by atoms with Crippen LogP contribution in [0.1, 0.15) is 39.0 Å². The minimum absolute atomic E-state index is 0.0838. The third kappa shape index (κ3) is 5.28. The van der Waals surface area contributed by atoms with Gasteiger partial charge in [-0.3, -0.25) is 9.59 Å². The maximum atomic E-state index is 14.2. The van der Waals surface area contributed by atoms with Crippen molar-refractivity contribution in [1.29, 1.82) is 0 Å². The summed E-state index contributed by atoms with van der Waals surface area (Å²) in [6, 6.07) is 1.33. The van der Waals surface area contributed by atoms with Crippen molar-refractivity contribution in [3.05, 3.63) is 23.8 Å². The maximum absolute atomic E-state index is 14.2. The standard InChI is InChI=1S/C26H35F3N6O2/c1-16-3-2-7-33(13-16)25(37)17-4-8-32(9-5-17)24(36)15-35-23-12-20(29)19(28)11-22(23)31-26(35)34-10-6-18(27)21(30)14-34/h11-12,16-18,21H,2-10,13-15,30H2,1H3/t16?,18-,21-/m1/s1. The Labute approximate surface area is 214 Å². The molecule has 3 aliphatic rings. The first-order chi connectivity index (χ1) is 17.7. The third-order valence-corrected chi connectivity index (χ3v) is 8.08. The largest absolute Gasteiger partial charge is 0.342 e. The van der Waals surface area contributed by atoms with Gasteiger partial charge in [0.25, 0.3) is 0 Å². The molecular weight excluding hydrogens is 485 g/mol. The molecule has 5 rings (SSSR count). The van der Waals surface area contributed by atoms with Crippen LogP contribution in [-0.4, -0.2) is 82.6 Å². The van der Waals surface area contributed by atoms with Crippen LogP contribution in [0.15, 0.2) is 12.1 Å². The number of rotatable bonds is 4. The van der Waals surface area contributed by atoms with Gasteiger partial charge >= 0.3 is 0 Å². The maximum Gasteiger partial charge on any atom is 0.242 e. The predicted molar refractivity (Wildman–Crippen MR) is 134 cm³/mol. The molecule has 0 aliphatic carbocycles. The zero-order valence-corrected chi connectivity index (χ0v) is 21.2. The average molecular weight is 521 g/mol. The minimum Gasteiger partial charge on any atom is -0.342 e. The van der Waals surface area contributed by atoms with E-state index in [4.69, 9.17) is 5.73 Å². The highest BCUT2D eigenvalue weighted by molar-refractivity contribution is 5.84. The molecule has 0 spiro atoms. The number of nitrogens with zero attached hydrogens (tertiary/aromatic N) is 5. The van der Waals surface area contributed by atoms with E-state index in [2.05, 4.69) is 11.9 Å². The fourth-order valence-corrected chi connectivity index (χ4v) is 5.90. The van der Waals surface area contributed by atoms with Crippen molar-refractivity contribution in [2.24, 2.45) is 17.6 Å². The molecular formula is C26H35F3N6O2. The molecule has 3 atom stereocenters. The van der Waals surface area contributed by atoms with Crippen LogP contribution in [0.3, 0.4) is 0 Å². The number of amides is 2. The highest BCUT2D eigenvalue weighted by Gasteiger charge is 2.33. The van der Waals surface area contributed by atoms with Crippen LogP contribution in [0.25, 0.3) is 11.0 Å². The van der Waals surface area contributed by atoms with E-state index >= 15 is 0 Å². The molecule has 0 radical (unpaired) electrons. The van der Waals surface area contributed by atoms with Gasteiger partial charge in [0.2, 0.25) is 17.8 Å². The Morgan fingerprint density at radius 1 is 1.00 bits per heavy atom. The molecule has 2 amide bonds. The van der Waals surface area contributed by atoms with Crippen LogP contribution in [-0.2, 0) is 16.1 Å². The van der Waals surface area contributed by atoms with Gasteiger partial charge in [-0.25, -0.2) is 18.2 Å². The quantitative estimate of drug-likeness (QED) is 0.670. The van der Waals surface area contributed by atoms with Crippen molar-refractivity contribution < 1.29 is 22.8 Å². The molecule has 3 saturated heterocycles. The number of hydrogen-bond acceptors (Lipinski definition) is 5. The number of imidazole rings is 1. The van der Waals surface area contributed by atoms with Gasteiger partial charge in [-0.2, -0.15) is 0 Å². The van der Waals surface area contributed by atoms with Gasteiger partial charge in [0, 0.05) is 57.3 Å². The number of halogens is 3. The number of fused-ring (bicyclic) bond motifs is 1. The van der Waals surface area contributed by atoms with Crippen molar-refractivity contribution in [2.45, 2.75) is 57.8 Å². The molecule has 1 aromatic heterocycles. The molecule has 2 aromatic rings. The molecule has 3 fully saturated rings. The number of benzene rings is 1. The fourth-order valence-electron chi connectivity index (χ4n) is 5.90. The first-order valence-corrected chi connectivity index (χ1v) is 13.3. The Bertz CT molecular complexity index is 1160. The van der Waals surface area contributed by atoms with Crippen LogP contribution in [0.2, 0.25) is 0 Å². The number of carbonyl (C=O) groups excluding carboxylic acids is 2. The Morgan fingerprint density at radius 2 is 1.73 bits per heavy atom. The van der Waals surface area contributed by atoms with Gasteiger partial charge in [0.15, 0.2) is 11.6 Å². The van der Waals surface area contributed by atoms with Crippen molar-refractivity contribution in [1.82, 2.24) is 19.4 Å². The van der Waals surface area contributed by atoms with E-state index in [1.54, 1.807) is 14.4 Å². The molecule has 202 valence electrons. The van der Waals surface area contributed by atoms with Gasteiger partial charge in [-0.05, 0) is 38.0 Å². The van der Waals surface area contributed by atoms with E-state index in [0.29, 0.717) is 49.9 Å². The van der Waals surface area contributed by atoms with Crippen LogP contribution in [0, 0.1) is 23.5 Å². The van der Waals surface area contributed by atoms with E-state index in [1.165, 1.54) is 0 Å². The number of piperidine rings is 3. The zero-order chi connectivity index (χ0) is 26.3. The van der Waals surface area contributed by atoms with Gasteiger partial charge in [-0.1, -0.05) is 6.92 Å². The molecule has 0 bridgehead atoms. The summed E-state index contributed by atoms with van der Waals surface area (Å²) in [4.78, 5) is 36.3. The minimum atomic E-state index is -1.14. The number of alkyl halides is 1. The van der Waals surface area contributed by atoms with Crippen LogP contribution >= 0.6 is 0 Å². The molecule has 8 nitrogen and oxygen atoms in total. The van der Waals surface area contributed by atoms with Crippen molar-refractivity contribution in [2.75, 3.05) is 44.2 Å². The highest BCUT2D eigenvalue weighted by atomic mass is 19.2. The lowest BCUT2D eigenvalue weighted by atomic mass is 9.92. The second-order valence-corrected chi connectivity index (χ2v) is 10.9. The van der Waals surface area contributed by atoms with Gasteiger partial charge in [0.1, 0.15) is 12.7 Å². The summed E-state index contributed by atoms with van der Waals surface area (Å²) in [7, 11) is 0. The molecule has 3 aliphatic heterocycles. The Hall–Kier alpha value is -2.82. The molecule has 1 unspecified atom stereocenters. The lowest BCUT2D eigenvalue weighted by molar-refractivity contribution is -0.142. The SMILES string of the molecule is CC1CCCN(C(=O)C2CCN(C(=O)Cn3c(N4CC[C@@H](F)[C@H](N)C4)nc4cc(F)c(F)cc43)CC2)C1. The zero-order valence-electron chi connectivity index (χ0n) is 21.2. The van der Waals surface area contributed by atoms with Crippen LogP contribution in [0.5, 0.6) is 0 Å². The molecule has 0 saturated carbocycles. The lowest BCUT2D eigenvalue weighted by Crippen LogP contribution is -2.50. The first-order valence-electron chi connectivity index (χ1n) is 13.3. The Kier molecular flexibility index (Phi) is 7.33. The molecule has 4 heterocycles. The predicted octanol–water partition coefficient (Wildman–Crippen LogP) is 2.69. The van der Waals surface area contributed by atoms with E-state index in [0.717, 1.165) is 38.1 Å².